The van der Waals surface area contributed by atoms with Crippen LogP contribution in [0.3, 0.4) is 0 Å². The van der Waals surface area contributed by atoms with Crippen LogP contribution < -0.4 is 10.6 Å². The lowest BCUT2D eigenvalue weighted by Crippen LogP contribution is -2.22. The number of nitrogens with zero attached hydrogens (tertiary/aromatic N) is 3. The number of aliphatic hydroxyl groups is 3. The predicted octanol–water partition coefficient (Wildman–Crippen LogP) is 3.99. The lowest BCUT2D eigenvalue weighted by Gasteiger charge is -2.21. The van der Waals surface area contributed by atoms with Crippen molar-refractivity contribution >= 4 is 11.6 Å². The van der Waals surface area contributed by atoms with Crippen LogP contribution in [0.4, 0.5) is 5.69 Å². The molecule has 0 bridgehead atoms. The van der Waals surface area contributed by atoms with E-state index in [1.807, 2.05) is 48.5 Å². The Balaban J connectivity index is 1.39. The smallest absolute Gasteiger partial charge is 0.251 e. The molecule has 10 heteroatoms. The zero-order valence-corrected chi connectivity index (χ0v) is 18.2. The van der Waals surface area contributed by atoms with Crippen molar-refractivity contribution in [2.45, 2.75) is 6.54 Å². The number of aromatic nitrogens is 4. The molecule has 0 atom stereocenters. The summed E-state index contributed by atoms with van der Waals surface area (Å²) in [5, 5.41) is 48.9. The van der Waals surface area contributed by atoms with Gasteiger partial charge < -0.3 is 26.0 Å². The molecule has 0 spiro atoms. The van der Waals surface area contributed by atoms with Crippen molar-refractivity contribution in [1.82, 2.24) is 25.9 Å². The van der Waals surface area contributed by atoms with E-state index in [2.05, 4.69) is 31.3 Å². The second-order valence-electron chi connectivity index (χ2n) is 7.83. The molecule has 10 nitrogen and oxygen atoms in total. The zero-order valence-electron chi connectivity index (χ0n) is 18.2. The summed E-state index contributed by atoms with van der Waals surface area (Å²) in [6, 6.07) is 22.1. The number of tetrazole rings is 1. The second kappa shape index (κ2) is 9.02. The Labute approximate surface area is 199 Å². The number of aromatic amines is 1. The number of hydrogen-bond acceptors (Lipinski definition) is 8. The Bertz CT molecular complexity index is 1450. The van der Waals surface area contributed by atoms with Gasteiger partial charge in [-0.2, -0.15) is 5.21 Å². The highest BCUT2D eigenvalue weighted by Crippen LogP contribution is 2.34. The van der Waals surface area contributed by atoms with Gasteiger partial charge in [0, 0.05) is 23.4 Å². The van der Waals surface area contributed by atoms with E-state index in [1.165, 1.54) is 0 Å². The first-order chi connectivity index (χ1) is 17.0. The molecule has 6 N–H and O–H groups in total. The van der Waals surface area contributed by atoms with E-state index in [4.69, 9.17) is 0 Å². The lowest BCUT2D eigenvalue weighted by atomic mass is 9.99. The number of anilines is 1. The molecule has 1 aliphatic carbocycles. The van der Waals surface area contributed by atoms with Crippen LogP contribution in [0.5, 0.6) is 0 Å². The largest absolute Gasteiger partial charge is 0.503 e. The fraction of sp³-hybridized carbons (Fsp3) is 0.0400. The standard InChI is InChI=1S/C25H20N6O4/c32-21-20(22(33)23(21)34)27-19-11-17(10-18(12-19)24-28-30-31-29-24)15-6-8-16(9-7-15)25(35)26-13-14-4-2-1-3-5-14/h1-12,27,32-34H,13H2,(H,26,35)(H,28,29,30,31). The molecular weight excluding hydrogens is 448 g/mol. The number of amides is 1. The monoisotopic (exact) mass is 468 g/mol. The van der Waals surface area contributed by atoms with Gasteiger partial charge in [0.15, 0.2) is 11.5 Å². The molecule has 4 aromatic rings. The topological polar surface area (TPSA) is 156 Å². The Hall–Kier alpha value is -5.12. The molecule has 35 heavy (non-hydrogen) atoms. The van der Waals surface area contributed by atoms with Crippen LogP contribution in [0.25, 0.3) is 22.5 Å². The van der Waals surface area contributed by atoms with E-state index in [0.29, 0.717) is 29.2 Å². The third-order valence-corrected chi connectivity index (χ3v) is 5.50. The summed E-state index contributed by atoms with van der Waals surface area (Å²) in [6.45, 7) is 0.433. The maximum atomic E-state index is 12.6. The minimum atomic E-state index is -0.567. The van der Waals surface area contributed by atoms with Crippen LogP contribution in [-0.2, 0) is 6.54 Å². The first kappa shape index (κ1) is 21.7. The molecule has 0 aliphatic heterocycles. The average Bonchev–Trinajstić information content (AvgIpc) is 3.45. The highest BCUT2D eigenvalue weighted by atomic mass is 16.3. The maximum Gasteiger partial charge on any atom is 0.251 e. The van der Waals surface area contributed by atoms with Crippen LogP contribution >= 0.6 is 0 Å². The molecule has 5 rings (SSSR count). The molecule has 0 fully saturated rings. The van der Waals surface area contributed by atoms with Crippen molar-refractivity contribution in [2.24, 2.45) is 0 Å². The van der Waals surface area contributed by atoms with Gasteiger partial charge in [0.05, 0.1) is 0 Å². The van der Waals surface area contributed by atoms with Crippen molar-refractivity contribution in [3.05, 3.63) is 107 Å². The molecule has 0 saturated heterocycles. The Morgan fingerprint density at radius 2 is 1.57 bits per heavy atom. The minimum Gasteiger partial charge on any atom is -0.503 e. The number of carbonyl (C=O) groups excluding carboxylic acids is 1. The van der Waals surface area contributed by atoms with Crippen molar-refractivity contribution in [1.29, 1.82) is 0 Å². The Kier molecular flexibility index (Phi) is 5.60. The van der Waals surface area contributed by atoms with Gasteiger partial charge in [-0.05, 0) is 52.2 Å². The molecule has 0 unspecified atom stereocenters. The first-order valence-corrected chi connectivity index (χ1v) is 10.6. The van der Waals surface area contributed by atoms with Crippen LogP contribution in [-0.4, -0.2) is 41.9 Å². The number of rotatable bonds is 7. The zero-order chi connectivity index (χ0) is 24.4. The number of nitrogens with one attached hydrogen (secondary N) is 3. The third kappa shape index (κ3) is 4.40. The van der Waals surface area contributed by atoms with Crippen LogP contribution in [0.15, 0.2) is 95.8 Å². The number of benzene rings is 3. The van der Waals surface area contributed by atoms with Crippen molar-refractivity contribution in [3.8, 4) is 22.5 Å². The van der Waals surface area contributed by atoms with E-state index in [-0.39, 0.29) is 11.6 Å². The van der Waals surface area contributed by atoms with Crippen LogP contribution in [0.1, 0.15) is 15.9 Å². The second-order valence-corrected chi connectivity index (χ2v) is 7.83. The van der Waals surface area contributed by atoms with Gasteiger partial charge in [-0.1, -0.05) is 42.5 Å². The number of aliphatic hydroxyl groups excluding tert-OH is 3. The number of hydrogen-bond donors (Lipinski definition) is 6. The van der Waals surface area contributed by atoms with Crippen molar-refractivity contribution < 1.29 is 20.1 Å². The number of carbonyl (C=O) groups is 1. The summed E-state index contributed by atoms with van der Waals surface area (Å²) in [7, 11) is 0. The highest BCUT2D eigenvalue weighted by molar-refractivity contribution is 5.94. The van der Waals surface area contributed by atoms with Gasteiger partial charge in [0.1, 0.15) is 5.70 Å². The Morgan fingerprint density at radius 3 is 2.26 bits per heavy atom. The van der Waals surface area contributed by atoms with E-state index < -0.39 is 17.3 Å². The fourth-order valence-electron chi connectivity index (χ4n) is 3.64. The Morgan fingerprint density at radius 1 is 0.829 bits per heavy atom. The molecule has 3 aromatic carbocycles. The average molecular weight is 468 g/mol. The lowest BCUT2D eigenvalue weighted by molar-refractivity contribution is 0.0951. The SMILES string of the molecule is O=C(NCc1ccccc1)c1ccc(-c2cc(NC3=C(O)C(O)=C3O)cc(-c3nn[nH]n3)c2)cc1. The van der Waals surface area contributed by atoms with Crippen LogP contribution in [0, 0.1) is 0 Å². The minimum absolute atomic E-state index is 0.00384. The van der Waals surface area contributed by atoms with Gasteiger partial charge >= 0.3 is 0 Å². The highest BCUT2D eigenvalue weighted by Gasteiger charge is 2.29. The third-order valence-electron chi connectivity index (χ3n) is 5.50. The van der Waals surface area contributed by atoms with Crippen molar-refractivity contribution in [3.63, 3.8) is 0 Å². The van der Waals surface area contributed by atoms with E-state index in [9.17, 15) is 20.1 Å². The first-order valence-electron chi connectivity index (χ1n) is 10.6. The molecule has 1 aromatic heterocycles. The molecule has 174 valence electrons. The van der Waals surface area contributed by atoms with Gasteiger partial charge in [0.25, 0.3) is 5.91 Å². The maximum absolute atomic E-state index is 12.6. The molecule has 1 heterocycles. The van der Waals surface area contributed by atoms with E-state index in [1.54, 1.807) is 24.3 Å². The van der Waals surface area contributed by atoms with E-state index in [0.717, 1.165) is 16.7 Å². The van der Waals surface area contributed by atoms with Gasteiger partial charge in [0.2, 0.25) is 11.6 Å². The normalized spacial score (nSPS) is 12.9. The number of H-pyrrole nitrogens is 1. The summed E-state index contributed by atoms with van der Waals surface area (Å²) in [5.41, 5.74) is 4.24. The molecule has 1 aliphatic rings. The van der Waals surface area contributed by atoms with Gasteiger partial charge in [-0.3, -0.25) is 4.79 Å². The quantitative estimate of drug-likeness (QED) is 0.238. The summed E-state index contributed by atoms with van der Waals surface area (Å²) in [5.74, 6) is -1.26. The molecule has 0 radical (unpaired) electrons. The summed E-state index contributed by atoms with van der Waals surface area (Å²) < 4.78 is 0. The van der Waals surface area contributed by atoms with Gasteiger partial charge in [-0.15, -0.1) is 10.2 Å². The van der Waals surface area contributed by atoms with Gasteiger partial charge in [-0.25, -0.2) is 0 Å². The van der Waals surface area contributed by atoms with Crippen molar-refractivity contribution in [2.75, 3.05) is 5.32 Å². The fourth-order valence-corrected chi connectivity index (χ4v) is 3.64. The molecule has 1 amide bonds. The van der Waals surface area contributed by atoms with E-state index >= 15 is 0 Å². The molecule has 0 saturated carbocycles. The summed E-state index contributed by atoms with van der Waals surface area (Å²) >= 11 is 0. The summed E-state index contributed by atoms with van der Waals surface area (Å²) in [6.07, 6.45) is 0. The van der Waals surface area contributed by atoms with Crippen LogP contribution in [0.2, 0.25) is 0 Å². The molecular formula is C25H20N6O4. The summed E-state index contributed by atoms with van der Waals surface area (Å²) in [4.78, 5) is 12.6. The predicted molar refractivity (Wildman–Crippen MR) is 128 cm³/mol.